The highest BCUT2D eigenvalue weighted by molar-refractivity contribution is 5.73. The number of hydrogen-bond donors (Lipinski definition) is 3. The number of carbonyl (C=O) groups is 1. The maximum Gasteiger partial charge on any atom is 0.315 e. The molecule has 0 saturated carbocycles. The number of hydrogen-bond acceptors (Lipinski definition) is 3. The fraction of sp³-hybridized carbons (Fsp3) is 0.474. The van der Waals surface area contributed by atoms with Crippen molar-refractivity contribution in [2.24, 2.45) is 11.3 Å². The van der Waals surface area contributed by atoms with Crippen LogP contribution in [0.4, 0.5) is 4.79 Å². The number of aromatic nitrogens is 2. The fourth-order valence-electron chi connectivity index (χ4n) is 2.73. The van der Waals surface area contributed by atoms with E-state index >= 15 is 0 Å². The van der Waals surface area contributed by atoms with Crippen LogP contribution in [-0.4, -0.2) is 33.6 Å². The van der Waals surface area contributed by atoms with Gasteiger partial charge in [0.25, 0.3) is 0 Å². The number of aliphatic hydroxyl groups is 1. The topological polar surface area (TPSA) is 79.2 Å². The zero-order chi connectivity index (χ0) is 18.4. The van der Waals surface area contributed by atoms with Crippen LogP contribution < -0.4 is 10.6 Å². The Kier molecular flexibility index (Phi) is 6.20. The van der Waals surface area contributed by atoms with Crippen LogP contribution in [0.1, 0.15) is 33.3 Å². The van der Waals surface area contributed by atoms with E-state index < -0.39 is 6.10 Å². The lowest BCUT2D eigenvalue weighted by molar-refractivity contribution is 0.0151. The summed E-state index contributed by atoms with van der Waals surface area (Å²) in [7, 11) is 0. The van der Waals surface area contributed by atoms with Crippen LogP contribution in [0.2, 0.25) is 0 Å². The summed E-state index contributed by atoms with van der Waals surface area (Å²) in [6.45, 7) is 8.63. The molecular formula is C19H28N4O2. The van der Waals surface area contributed by atoms with Crippen molar-refractivity contribution in [3.8, 4) is 5.69 Å². The standard InChI is InChI=1S/C19H28N4O2/c1-14(2)17(24)19(3,4)13-21-18(25)20-10-15-11-22-23(12-15)16-8-6-5-7-9-16/h5-9,11-12,14,17,24H,10,13H2,1-4H3,(H2,20,21,25). The molecule has 0 bridgehead atoms. The minimum Gasteiger partial charge on any atom is -0.392 e. The second-order valence-corrected chi connectivity index (χ2v) is 7.34. The Bertz CT molecular complexity index is 680. The van der Waals surface area contributed by atoms with E-state index in [4.69, 9.17) is 0 Å². The molecule has 2 amide bonds. The van der Waals surface area contributed by atoms with E-state index in [0.717, 1.165) is 11.3 Å². The summed E-state index contributed by atoms with van der Waals surface area (Å²) in [6.07, 6.45) is 3.15. The Morgan fingerprint density at radius 3 is 2.56 bits per heavy atom. The van der Waals surface area contributed by atoms with E-state index in [1.54, 1.807) is 10.9 Å². The molecule has 2 aromatic rings. The Morgan fingerprint density at radius 1 is 1.24 bits per heavy atom. The van der Waals surface area contributed by atoms with Crippen LogP contribution >= 0.6 is 0 Å². The van der Waals surface area contributed by atoms with Crippen LogP contribution in [0.5, 0.6) is 0 Å². The van der Waals surface area contributed by atoms with Gasteiger partial charge in [-0.25, -0.2) is 9.48 Å². The van der Waals surface area contributed by atoms with Gasteiger partial charge in [0.2, 0.25) is 0 Å². The molecule has 0 aliphatic heterocycles. The first-order valence-corrected chi connectivity index (χ1v) is 8.58. The van der Waals surface area contributed by atoms with Gasteiger partial charge in [0, 0.05) is 30.3 Å². The number of urea groups is 1. The van der Waals surface area contributed by atoms with Gasteiger partial charge in [-0.3, -0.25) is 0 Å². The largest absolute Gasteiger partial charge is 0.392 e. The molecule has 0 radical (unpaired) electrons. The minimum atomic E-state index is -0.475. The highest BCUT2D eigenvalue weighted by Crippen LogP contribution is 2.24. The molecule has 3 N–H and O–H groups in total. The summed E-state index contributed by atoms with van der Waals surface area (Å²) in [4.78, 5) is 12.0. The third kappa shape index (κ3) is 5.32. The molecule has 136 valence electrons. The van der Waals surface area contributed by atoms with Crippen LogP contribution in [-0.2, 0) is 6.54 Å². The van der Waals surface area contributed by atoms with E-state index in [9.17, 15) is 9.90 Å². The van der Waals surface area contributed by atoms with Crippen molar-refractivity contribution in [1.82, 2.24) is 20.4 Å². The number of nitrogens with zero attached hydrogens (tertiary/aromatic N) is 2. The average molecular weight is 344 g/mol. The van der Waals surface area contributed by atoms with Crippen LogP contribution in [0.3, 0.4) is 0 Å². The van der Waals surface area contributed by atoms with Gasteiger partial charge in [-0.05, 0) is 18.1 Å². The van der Waals surface area contributed by atoms with E-state index in [-0.39, 0.29) is 17.4 Å². The van der Waals surface area contributed by atoms with Gasteiger partial charge in [0.1, 0.15) is 0 Å². The molecule has 0 aliphatic carbocycles. The number of aliphatic hydroxyl groups excluding tert-OH is 1. The van der Waals surface area contributed by atoms with E-state index in [0.29, 0.717) is 13.1 Å². The first kappa shape index (κ1) is 19.0. The highest BCUT2D eigenvalue weighted by Gasteiger charge is 2.30. The summed E-state index contributed by atoms with van der Waals surface area (Å²) in [6, 6.07) is 9.55. The highest BCUT2D eigenvalue weighted by atomic mass is 16.3. The number of carbonyl (C=O) groups excluding carboxylic acids is 1. The van der Waals surface area contributed by atoms with E-state index in [1.807, 2.05) is 64.2 Å². The molecule has 0 aliphatic rings. The van der Waals surface area contributed by atoms with Crippen molar-refractivity contribution < 1.29 is 9.90 Å². The van der Waals surface area contributed by atoms with Gasteiger partial charge in [-0.2, -0.15) is 5.10 Å². The number of rotatable bonds is 7. The quantitative estimate of drug-likeness (QED) is 0.722. The number of nitrogens with one attached hydrogen (secondary N) is 2. The minimum absolute atomic E-state index is 0.142. The normalized spacial score (nSPS) is 12.9. The lowest BCUT2D eigenvalue weighted by Crippen LogP contribution is -2.46. The molecule has 6 nitrogen and oxygen atoms in total. The molecular weight excluding hydrogens is 316 g/mol. The maximum absolute atomic E-state index is 12.0. The molecule has 1 unspecified atom stereocenters. The predicted molar refractivity (Wildman–Crippen MR) is 98.4 cm³/mol. The Balaban J connectivity index is 1.82. The monoisotopic (exact) mass is 344 g/mol. The van der Waals surface area contributed by atoms with Crippen molar-refractivity contribution in [3.05, 3.63) is 48.3 Å². The van der Waals surface area contributed by atoms with Gasteiger partial charge < -0.3 is 15.7 Å². The summed E-state index contributed by atoms with van der Waals surface area (Å²) in [5, 5.41) is 20.2. The van der Waals surface area contributed by atoms with Gasteiger partial charge in [-0.1, -0.05) is 45.9 Å². The second-order valence-electron chi connectivity index (χ2n) is 7.34. The smallest absolute Gasteiger partial charge is 0.315 e. The van der Waals surface area contributed by atoms with Gasteiger partial charge in [0.05, 0.1) is 18.0 Å². The summed E-state index contributed by atoms with van der Waals surface area (Å²) < 4.78 is 1.77. The van der Waals surface area contributed by atoms with Gasteiger partial charge in [0.15, 0.2) is 0 Å². The third-order valence-corrected chi connectivity index (χ3v) is 4.25. The molecule has 6 heteroatoms. The first-order valence-electron chi connectivity index (χ1n) is 8.58. The lowest BCUT2D eigenvalue weighted by Gasteiger charge is -2.33. The van der Waals surface area contributed by atoms with E-state index in [2.05, 4.69) is 15.7 Å². The molecule has 1 aromatic heterocycles. The van der Waals surface area contributed by atoms with Crippen LogP contribution in [0, 0.1) is 11.3 Å². The molecule has 2 rings (SSSR count). The number of para-hydroxylation sites is 1. The Morgan fingerprint density at radius 2 is 1.92 bits per heavy atom. The van der Waals surface area contributed by atoms with Crippen LogP contribution in [0.25, 0.3) is 5.69 Å². The fourth-order valence-corrected chi connectivity index (χ4v) is 2.73. The lowest BCUT2D eigenvalue weighted by atomic mass is 9.81. The average Bonchev–Trinajstić information content (AvgIpc) is 3.07. The zero-order valence-electron chi connectivity index (χ0n) is 15.4. The Labute approximate surface area is 149 Å². The number of benzene rings is 1. The van der Waals surface area contributed by atoms with Crippen molar-refractivity contribution >= 4 is 6.03 Å². The zero-order valence-corrected chi connectivity index (χ0v) is 15.4. The van der Waals surface area contributed by atoms with Gasteiger partial charge >= 0.3 is 6.03 Å². The number of amides is 2. The van der Waals surface area contributed by atoms with Crippen LogP contribution in [0.15, 0.2) is 42.7 Å². The molecule has 1 aromatic carbocycles. The predicted octanol–water partition coefficient (Wildman–Crippen LogP) is 2.71. The maximum atomic E-state index is 12.0. The summed E-state index contributed by atoms with van der Waals surface area (Å²) in [5.41, 5.74) is 1.51. The van der Waals surface area contributed by atoms with Gasteiger partial charge in [-0.15, -0.1) is 0 Å². The molecule has 0 fully saturated rings. The molecule has 0 saturated heterocycles. The van der Waals surface area contributed by atoms with Crippen molar-refractivity contribution in [2.75, 3.05) is 6.54 Å². The molecule has 1 heterocycles. The first-order chi connectivity index (χ1) is 11.8. The van der Waals surface area contributed by atoms with Crippen molar-refractivity contribution in [2.45, 2.75) is 40.3 Å². The molecule has 1 atom stereocenters. The van der Waals surface area contributed by atoms with E-state index in [1.165, 1.54) is 0 Å². The second kappa shape index (κ2) is 8.16. The summed E-state index contributed by atoms with van der Waals surface area (Å²) >= 11 is 0. The summed E-state index contributed by atoms with van der Waals surface area (Å²) in [5.74, 6) is 0.142. The third-order valence-electron chi connectivity index (χ3n) is 4.25. The van der Waals surface area contributed by atoms with Crippen molar-refractivity contribution in [1.29, 1.82) is 0 Å². The molecule has 25 heavy (non-hydrogen) atoms. The Hall–Kier alpha value is -2.34. The SMILES string of the molecule is CC(C)C(O)C(C)(C)CNC(=O)NCc1cnn(-c2ccccc2)c1. The molecule has 0 spiro atoms. The van der Waals surface area contributed by atoms with Crippen molar-refractivity contribution in [3.63, 3.8) is 0 Å².